The van der Waals surface area contributed by atoms with E-state index in [4.69, 9.17) is 33.0 Å². The lowest BCUT2D eigenvalue weighted by molar-refractivity contribution is -0.135. The molecule has 11 heteroatoms. The maximum Gasteiger partial charge on any atom is 0.324 e. The van der Waals surface area contributed by atoms with Crippen LogP contribution in [0.4, 0.5) is 14.5 Å². The first kappa shape index (κ1) is 20.2. The van der Waals surface area contributed by atoms with Crippen LogP contribution in [0.1, 0.15) is 0 Å². The number of carboxylic acid groups (broad SMARTS) is 1. The number of carboxylic acids is 1. The molecule has 2 aromatic carbocycles. The number of hydrogen-bond donors (Lipinski definition) is 1. The van der Waals surface area contributed by atoms with Crippen LogP contribution in [0.25, 0.3) is 0 Å². The molecule has 0 spiro atoms. The summed E-state index contributed by atoms with van der Waals surface area (Å²) in [6, 6.07) is 4.29. The van der Waals surface area contributed by atoms with Gasteiger partial charge >= 0.3 is 5.97 Å². The number of anilines is 1. The third-order valence-corrected chi connectivity index (χ3v) is 6.04. The third kappa shape index (κ3) is 3.84. The van der Waals surface area contributed by atoms with Crippen LogP contribution >= 0.6 is 23.2 Å². The first-order valence-electron chi connectivity index (χ1n) is 6.81. The summed E-state index contributed by atoms with van der Waals surface area (Å²) in [5, 5.41) is 8.38. The van der Waals surface area contributed by atoms with E-state index < -0.39 is 49.8 Å². The molecule has 6 nitrogen and oxygen atoms in total. The van der Waals surface area contributed by atoms with E-state index in [-0.39, 0.29) is 15.1 Å². The van der Waals surface area contributed by atoms with Crippen molar-refractivity contribution in [2.45, 2.75) is 4.90 Å². The molecule has 1 N–H and O–H groups in total. The summed E-state index contributed by atoms with van der Waals surface area (Å²) < 4.78 is 58.2. The Kier molecular flexibility index (Phi) is 5.94. The Hall–Kier alpha value is -2.10. The number of hydrogen-bond acceptors (Lipinski definition) is 4. The SMILES string of the molecule is COc1ccc(S(=O)(=O)N(CC(=O)O)c2ccc(F)cc2F)c(Cl)c1Cl. The van der Waals surface area contributed by atoms with Crippen molar-refractivity contribution in [3.05, 3.63) is 52.0 Å². The Morgan fingerprint density at radius 2 is 1.85 bits per heavy atom. The lowest BCUT2D eigenvalue weighted by Gasteiger charge is -2.24. The minimum Gasteiger partial charge on any atom is -0.495 e. The van der Waals surface area contributed by atoms with Crippen LogP contribution in [0.2, 0.25) is 10.0 Å². The molecule has 0 radical (unpaired) electrons. The van der Waals surface area contributed by atoms with Crippen molar-refractivity contribution in [1.82, 2.24) is 0 Å². The Labute approximate surface area is 157 Å². The molecule has 0 amide bonds. The van der Waals surface area contributed by atoms with Crippen LogP contribution in [0, 0.1) is 11.6 Å². The van der Waals surface area contributed by atoms with Crippen LogP contribution in [0.15, 0.2) is 35.2 Å². The number of sulfonamides is 1. The number of benzene rings is 2. The van der Waals surface area contributed by atoms with Gasteiger partial charge in [-0.15, -0.1) is 0 Å². The first-order chi connectivity index (χ1) is 12.1. The summed E-state index contributed by atoms with van der Waals surface area (Å²) in [7, 11) is -3.36. The largest absolute Gasteiger partial charge is 0.495 e. The van der Waals surface area contributed by atoms with Crippen molar-refractivity contribution < 1.29 is 31.8 Å². The van der Waals surface area contributed by atoms with Crippen LogP contribution < -0.4 is 9.04 Å². The second-order valence-corrected chi connectivity index (χ2v) is 7.48. The number of ether oxygens (including phenoxy) is 1. The molecule has 0 unspecified atom stereocenters. The van der Waals surface area contributed by atoms with Crippen molar-refractivity contribution in [2.75, 3.05) is 18.0 Å². The van der Waals surface area contributed by atoms with E-state index in [0.717, 1.165) is 18.2 Å². The smallest absolute Gasteiger partial charge is 0.324 e. The van der Waals surface area contributed by atoms with Gasteiger partial charge < -0.3 is 9.84 Å². The van der Waals surface area contributed by atoms with E-state index in [2.05, 4.69) is 0 Å². The summed E-state index contributed by atoms with van der Waals surface area (Å²) in [6.45, 7) is -1.12. The van der Waals surface area contributed by atoms with Gasteiger partial charge in [-0.05, 0) is 24.3 Å². The molecule has 0 heterocycles. The van der Waals surface area contributed by atoms with Gasteiger partial charge in [-0.3, -0.25) is 9.10 Å². The van der Waals surface area contributed by atoms with Gasteiger partial charge in [0.15, 0.2) is 0 Å². The number of carbonyl (C=O) groups is 1. The molecule has 2 rings (SSSR count). The average Bonchev–Trinajstić information content (AvgIpc) is 2.55. The number of aliphatic carboxylic acids is 1. The van der Waals surface area contributed by atoms with Gasteiger partial charge in [0.1, 0.15) is 33.8 Å². The molecule has 0 fully saturated rings. The van der Waals surface area contributed by atoms with Gasteiger partial charge in [-0.1, -0.05) is 23.2 Å². The molecule has 0 aliphatic heterocycles. The summed E-state index contributed by atoms with van der Waals surface area (Å²) >= 11 is 11.9. The van der Waals surface area contributed by atoms with E-state index >= 15 is 0 Å². The predicted octanol–water partition coefficient (Wildman–Crippen LogP) is 3.56. The number of methoxy groups -OCH3 is 1. The zero-order valence-corrected chi connectivity index (χ0v) is 15.4. The number of rotatable bonds is 6. The molecule has 0 atom stereocenters. The molecule has 2 aromatic rings. The molecular formula is C15H11Cl2F2NO5S. The van der Waals surface area contributed by atoms with E-state index in [0.29, 0.717) is 6.07 Å². The van der Waals surface area contributed by atoms with Crippen molar-refractivity contribution >= 4 is 44.9 Å². The molecule has 0 aliphatic carbocycles. The Morgan fingerprint density at radius 1 is 1.19 bits per heavy atom. The first-order valence-corrected chi connectivity index (χ1v) is 9.00. The van der Waals surface area contributed by atoms with Crippen molar-refractivity contribution in [3.63, 3.8) is 0 Å². The highest BCUT2D eigenvalue weighted by atomic mass is 35.5. The normalized spacial score (nSPS) is 11.3. The molecule has 0 bridgehead atoms. The fourth-order valence-electron chi connectivity index (χ4n) is 2.10. The minimum absolute atomic E-state index is 0.0911. The molecule has 140 valence electrons. The zero-order valence-electron chi connectivity index (χ0n) is 13.0. The van der Waals surface area contributed by atoms with E-state index in [9.17, 15) is 22.0 Å². The summed E-state index contributed by atoms with van der Waals surface area (Å²) in [4.78, 5) is 10.5. The van der Waals surface area contributed by atoms with E-state index in [1.54, 1.807) is 0 Å². The van der Waals surface area contributed by atoms with Gasteiger partial charge in [0, 0.05) is 6.07 Å². The predicted molar refractivity (Wildman–Crippen MR) is 91.5 cm³/mol. The maximum absolute atomic E-state index is 14.1. The average molecular weight is 426 g/mol. The van der Waals surface area contributed by atoms with Crippen LogP contribution in [0.3, 0.4) is 0 Å². The van der Waals surface area contributed by atoms with Crippen molar-refractivity contribution in [1.29, 1.82) is 0 Å². The maximum atomic E-state index is 14.1. The second kappa shape index (κ2) is 7.65. The molecule has 0 aromatic heterocycles. The molecule has 0 saturated heterocycles. The molecule has 0 saturated carbocycles. The highest BCUT2D eigenvalue weighted by Gasteiger charge is 2.32. The van der Waals surface area contributed by atoms with Crippen LogP contribution in [-0.2, 0) is 14.8 Å². The number of halogens is 4. The highest BCUT2D eigenvalue weighted by molar-refractivity contribution is 7.93. The Balaban J connectivity index is 2.68. The van der Waals surface area contributed by atoms with Crippen molar-refractivity contribution in [2.24, 2.45) is 0 Å². The number of nitrogens with zero attached hydrogens (tertiary/aromatic N) is 1. The zero-order chi connectivity index (χ0) is 19.6. The highest BCUT2D eigenvalue weighted by Crippen LogP contribution is 2.38. The fourth-order valence-corrected chi connectivity index (χ4v) is 4.34. The lowest BCUT2D eigenvalue weighted by atomic mass is 10.3. The van der Waals surface area contributed by atoms with E-state index in [1.165, 1.54) is 13.2 Å². The topological polar surface area (TPSA) is 83.9 Å². The lowest BCUT2D eigenvalue weighted by Crippen LogP contribution is -2.36. The van der Waals surface area contributed by atoms with Gasteiger partial charge in [0.25, 0.3) is 10.0 Å². The molecule has 26 heavy (non-hydrogen) atoms. The Bertz CT molecular complexity index is 969. The van der Waals surface area contributed by atoms with Gasteiger partial charge in [-0.25, -0.2) is 17.2 Å². The van der Waals surface area contributed by atoms with Crippen LogP contribution in [-0.4, -0.2) is 33.1 Å². The summed E-state index contributed by atoms with van der Waals surface area (Å²) in [5.74, 6) is -3.68. The minimum atomic E-state index is -4.64. The summed E-state index contributed by atoms with van der Waals surface area (Å²) in [5.41, 5.74) is -0.656. The Morgan fingerprint density at radius 3 is 2.38 bits per heavy atom. The van der Waals surface area contributed by atoms with Gasteiger partial charge in [0.2, 0.25) is 0 Å². The second-order valence-electron chi connectivity index (χ2n) is 4.90. The summed E-state index contributed by atoms with van der Waals surface area (Å²) in [6.07, 6.45) is 0. The quantitative estimate of drug-likeness (QED) is 0.764. The third-order valence-electron chi connectivity index (χ3n) is 3.26. The standard InChI is InChI=1S/C15H11Cl2F2NO5S/c1-25-11-4-5-12(15(17)14(11)16)26(23,24)20(7-13(21)22)10-3-2-8(18)6-9(10)19/h2-6H,7H2,1H3,(H,21,22). The molecule has 0 aliphatic rings. The van der Waals surface area contributed by atoms with Gasteiger partial charge in [0.05, 0.1) is 17.8 Å². The van der Waals surface area contributed by atoms with Crippen molar-refractivity contribution in [3.8, 4) is 5.75 Å². The van der Waals surface area contributed by atoms with E-state index in [1.807, 2.05) is 0 Å². The molecular weight excluding hydrogens is 415 g/mol. The van der Waals surface area contributed by atoms with Gasteiger partial charge in [-0.2, -0.15) is 0 Å². The fraction of sp³-hybridized carbons (Fsp3) is 0.133. The monoisotopic (exact) mass is 425 g/mol. The van der Waals surface area contributed by atoms with Crippen LogP contribution in [0.5, 0.6) is 5.75 Å².